The summed E-state index contributed by atoms with van der Waals surface area (Å²) in [7, 11) is 0. The minimum absolute atomic E-state index is 0.269. The van der Waals surface area contributed by atoms with Crippen molar-refractivity contribution in [3.8, 4) is 5.69 Å². The topological polar surface area (TPSA) is 43.6 Å². The number of benzene rings is 1. The largest absolute Gasteiger partial charge is 0.244 e. The van der Waals surface area contributed by atoms with Crippen LogP contribution in [0.4, 0.5) is 4.39 Å². The molecule has 0 aliphatic carbocycles. The van der Waals surface area contributed by atoms with Gasteiger partial charge in [-0.25, -0.2) is 19.0 Å². The molecule has 4 nitrogen and oxygen atoms in total. The van der Waals surface area contributed by atoms with Gasteiger partial charge < -0.3 is 0 Å². The molecule has 1 aromatic carbocycles. The maximum Gasteiger partial charge on any atom is 0.166 e. The maximum absolute atomic E-state index is 12.8. The summed E-state index contributed by atoms with van der Waals surface area (Å²) in [5, 5.41) is 5.04. The van der Waals surface area contributed by atoms with Crippen LogP contribution in [0.3, 0.4) is 0 Å². The average molecular weight is 214 g/mol. The lowest BCUT2D eigenvalue weighted by atomic mass is 10.3. The van der Waals surface area contributed by atoms with Gasteiger partial charge in [0.25, 0.3) is 0 Å². The van der Waals surface area contributed by atoms with Crippen LogP contribution in [0.5, 0.6) is 0 Å². The first kappa shape index (κ1) is 8.96. The van der Waals surface area contributed by atoms with Crippen LogP contribution < -0.4 is 0 Å². The Hall–Kier alpha value is -2.30. The van der Waals surface area contributed by atoms with Crippen LogP contribution in [0.25, 0.3) is 16.7 Å². The van der Waals surface area contributed by atoms with Gasteiger partial charge in [-0.3, -0.25) is 0 Å². The Bertz CT molecular complexity index is 630. The van der Waals surface area contributed by atoms with Crippen molar-refractivity contribution in [3.63, 3.8) is 0 Å². The molecule has 0 N–H and O–H groups in total. The van der Waals surface area contributed by atoms with E-state index < -0.39 is 0 Å². The fourth-order valence-electron chi connectivity index (χ4n) is 1.55. The summed E-state index contributed by atoms with van der Waals surface area (Å²) < 4.78 is 14.4. The molecule has 0 aliphatic rings. The van der Waals surface area contributed by atoms with Gasteiger partial charge in [-0.05, 0) is 24.3 Å². The van der Waals surface area contributed by atoms with Crippen molar-refractivity contribution in [1.82, 2.24) is 19.7 Å². The van der Waals surface area contributed by atoms with E-state index in [1.54, 1.807) is 29.2 Å². The zero-order valence-electron chi connectivity index (χ0n) is 8.21. The zero-order valence-corrected chi connectivity index (χ0v) is 8.21. The van der Waals surface area contributed by atoms with E-state index in [9.17, 15) is 4.39 Å². The molecular weight excluding hydrogens is 207 g/mol. The fraction of sp³-hybridized carbons (Fsp3) is 0. The Morgan fingerprint density at radius 3 is 2.69 bits per heavy atom. The van der Waals surface area contributed by atoms with E-state index in [1.165, 1.54) is 18.5 Å². The Balaban J connectivity index is 2.22. The van der Waals surface area contributed by atoms with Gasteiger partial charge in [0.15, 0.2) is 5.65 Å². The molecule has 2 heterocycles. The lowest BCUT2D eigenvalue weighted by molar-refractivity contribution is 0.627. The van der Waals surface area contributed by atoms with Crippen molar-refractivity contribution in [1.29, 1.82) is 0 Å². The predicted octanol–water partition coefficient (Wildman–Crippen LogP) is 1.95. The number of nitrogens with zero attached hydrogens (tertiary/aromatic N) is 4. The third-order valence-corrected chi connectivity index (χ3v) is 2.30. The van der Waals surface area contributed by atoms with Crippen molar-refractivity contribution >= 4 is 11.0 Å². The lowest BCUT2D eigenvalue weighted by Gasteiger charge is -2.01. The number of hydrogen-bond acceptors (Lipinski definition) is 3. The van der Waals surface area contributed by atoms with E-state index in [4.69, 9.17) is 0 Å². The summed E-state index contributed by atoms with van der Waals surface area (Å²) in [5.41, 5.74) is 1.48. The van der Waals surface area contributed by atoms with Crippen molar-refractivity contribution in [2.24, 2.45) is 0 Å². The lowest BCUT2D eigenvalue weighted by Crippen LogP contribution is -1.97. The summed E-state index contributed by atoms with van der Waals surface area (Å²) in [5.74, 6) is -0.269. The van der Waals surface area contributed by atoms with Gasteiger partial charge in [0.2, 0.25) is 0 Å². The Morgan fingerprint density at radius 1 is 1.06 bits per heavy atom. The third kappa shape index (κ3) is 1.33. The quantitative estimate of drug-likeness (QED) is 0.621. The highest BCUT2D eigenvalue weighted by Gasteiger charge is 2.05. The van der Waals surface area contributed by atoms with Gasteiger partial charge >= 0.3 is 0 Å². The second-order valence-electron chi connectivity index (χ2n) is 3.33. The van der Waals surface area contributed by atoms with Crippen LogP contribution in [-0.2, 0) is 0 Å². The van der Waals surface area contributed by atoms with Crippen LogP contribution in [0, 0.1) is 5.82 Å². The van der Waals surface area contributed by atoms with Crippen LogP contribution in [0.15, 0.2) is 43.0 Å². The van der Waals surface area contributed by atoms with E-state index >= 15 is 0 Å². The molecule has 0 unspecified atom stereocenters. The number of halogens is 1. The monoisotopic (exact) mass is 214 g/mol. The SMILES string of the molecule is Fc1ccc(-n2ncc3cncnc32)cc1. The summed E-state index contributed by atoms with van der Waals surface area (Å²) in [6, 6.07) is 6.10. The molecule has 0 bridgehead atoms. The van der Waals surface area contributed by atoms with Crippen molar-refractivity contribution < 1.29 is 4.39 Å². The normalized spacial score (nSPS) is 10.8. The molecule has 0 aliphatic heterocycles. The molecule has 0 amide bonds. The number of fused-ring (bicyclic) bond motifs is 1. The number of rotatable bonds is 1. The predicted molar refractivity (Wildman–Crippen MR) is 56.6 cm³/mol. The summed E-state index contributed by atoms with van der Waals surface area (Å²) in [6.45, 7) is 0. The molecule has 0 radical (unpaired) electrons. The minimum Gasteiger partial charge on any atom is -0.244 e. The van der Waals surface area contributed by atoms with Crippen molar-refractivity contribution in [3.05, 3.63) is 48.8 Å². The molecule has 3 aromatic rings. The second kappa shape index (κ2) is 3.37. The van der Waals surface area contributed by atoms with Gasteiger partial charge in [-0.15, -0.1) is 0 Å². The van der Waals surface area contributed by atoms with Crippen LogP contribution in [0.1, 0.15) is 0 Å². The molecule has 2 aromatic heterocycles. The summed E-state index contributed by atoms with van der Waals surface area (Å²) >= 11 is 0. The fourth-order valence-corrected chi connectivity index (χ4v) is 1.55. The highest BCUT2D eigenvalue weighted by Crippen LogP contribution is 2.14. The van der Waals surface area contributed by atoms with Crippen LogP contribution >= 0.6 is 0 Å². The minimum atomic E-state index is -0.269. The average Bonchev–Trinajstić information content (AvgIpc) is 2.74. The zero-order chi connectivity index (χ0) is 11.0. The Labute approximate surface area is 90.4 Å². The standard InChI is InChI=1S/C11H7FN4/c12-9-1-3-10(4-2-9)16-11-8(6-15-16)5-13-7-14-11/h1-7H. The van der Waals surface area contributed by atoms with E-state index in [0.29, 0.717) is 5.65 Å². The van der Waals surface area contributed by atoms with E-state index in [0.717, 1.165) is 11.1 Å². The van der Waals surface area contributed by atoms with Gasteiger partial charge in [-0.2, -0.15) is 5.10 Å². The second-order valence-corrected chi connectivity index (χ2v) is 3.33. The molecule has 0 saturated heterocycles. The van der Waals surface area contributed by atoms with E-state index in [1.807, 2.05) is 0 Å². The van der Waals surface area contributed by atoms with E-state index in [2.05, 4.69) is 15.1 Å². The van der Waals surface area contributed by atoms with Gasteiger partial charge in [0, 0.05) is 6.20 Å². The highest BCUT2D eigenvalue weighted by atomic mass is 19.1. The molecule has 5 heteroatoms. The first-order chi connectivity index (χ1) is 7.84. The highest BCUT2D eigenvalue weighted by molar-refractivity contribution is 5.74. The van der Waals surface area contributed by atoms with Crippen LogP contribution in [-0.4, -0.2) is 19.7 Å². The number of hydrogen-bond donors (Lipinski definition) is 0. The summed E-state index contributed by atoms with van der Waals surface area (Å²) in [4.78, 5) is 8.05. The maximum atomic E-state index is 12.8. The van der Waals surface area contributed by atoms with Gasteiger partial charge in [-0.1, -0.05) is 0 Å². The first-order valence-electron chi connectivity index (χ1n) is 4.74. The molecule has 0 fully saturated rings. The van der Waals surface area contributed by atoms with Gasteiger partial charge in [0.1, 0.15) is 12.1 Å². The molecule has 0 spiro atoms. The molecule has 16 heavy (non-hydrogen) atoms. The van der Waals surface area contributed by atoms with E-state index in [-0.39, 0.29) is 5.82 Å². The Kier molecular flexibility index (Phi) is 1.89. The van der Waals surface area contributed by atoms with Gasteiger partial charge in [0.05, 0.1) is 17.3 Å². The first-order valence-corrected chi connectivity index (χ1v) is 4.74. The van der Waals surface area contributed by atoms with Crippen LogP contribution in [0.2, 0.25) is 0 Å². The molecular formula is C11H7FN4. The third-order valence-electron chi connectivity index (χ3n) is 2.30. The van der Waals surface area contributed by atoms with Crippen molar-refractivity contribution in [2.45, 2.75) is 0 Å². The number of aromatic nitrogens is 4. The van der Waals surface area contributed by atoms with Crippen molar-refractivity contribution in [2.75, 3.05) is 0 Å². The molecule has 78 valence electrons. The smallest absolute Gasteiger partial charge is 0.166 e. The summed E-state index contributed by atoms with van der Waals surface area (Å²) in [6.07, 6.45) is 4.83. The molecule has 3 rings (SSSR count). The Morgan fingerprint density at radius 2 is 1.88 bits per heavy atom. The molecule has 0 atom stereocenters. The molecule has 0 saturated carbocycles.